The molecule has 0 saturated carbocycles. The average Bonchev–Trinajstić information content (AvgIpc) is 2.52. The van der Waals surface area contributed by atoms with Crippen molar-refractivity contribution in [1.29, 1.82) is 0 Å². The van der Waals surface area contributed by atoms with Gasteiger partial charge in [0.2, 0.25) is 0 Å². The van der Waals surface area contributed by atoms with Gasteiger partial charge in [-0.3, -0.25) is 0 Å². The van der Waals surface area contributed by atoms with E-state index in [1.165, 1.54) is 0 Å². The van der Waals surface area contributed by atoms with Crippen molar-refractivity contribution < 1.29 is 4.74 Å². The molecular weight excluding hydrogens is 284 g/mol. The van der Waals surface area contributed by atoms with E-state index in [1.807, 2.05) is 60.7 Å². The Morgan fingerprint density at radius 3 is 2.38 bits per heavy atom. The van der Waals surface area contributed by atoms with E-state index in [2.05, 4.69) is 10.3 Å². The molecule has 0 saturated heterocycles. The van der Waals surface area contributed by atoms with Crippen LogP contribution < -0.4 is 10.1 Å². The van der Waals surface area contributed by atoms with Gasteiger partial charge in [-0.25, -0.2) is 4.98 Å². The van der Waals surface area contributed by atoms with Gasteiger partial charge in [0.1, 0.15) is 11.6 Å². The Bertz CT molecular complexity index is 714. The van der Waals surface area contributed by atoms with Crippen molar-refractivity contribution >= 4 is 23.1 Å². The fourth-order valence-corrected chi connectivity index (χ4v) is 1.97. The van der Waals surface area contributed by atoms with Gasteiger partial charge in [0.25, 0.3) is 0 Å². The van der Waals surface area contributed by atoms with Gasteiger partial charge < -0.3 is 10.1 Å². The van der Waals surface area contributed by atoms with Crippen molar-refractivity contribution in [3.63, 3.8) is 0 Å². The lowest BCUT2D eigenvalue weighted by molar-refractivity contribution is 0.485. The summed E-state index contributed by atoms with van der Waals surface area (Å²) in [6.45, 7) is 0. The van der Waals surface area contributed by atoms with Crippen LogP contribution in [0.1, 0.15) is 0 Å². The Morgan fingerprint density at radius 2 is 1.62 bits per heavy atom. The van der Waals surface area contributed by atoms with Crippen LogP contribution in [0.3, 0.4) is 0 Å². The highest BCUT2D eigenvalue weighted by molar-refractivity contribution is 6.30. The molecule has 104 valence electrons. The van der Waals surface area contributed by atoms with E-state index < -0.39 is 0 Å². The lowest BCUT2D eigenvalue weighted by atomic mass is 10.3. The van der Waals surface area contributed by atoms with E-state index in [0.717, 1.165) is 17.2 Å². The second-order valence-electron chi connectivity index (χ2n) is 4.40. The second kappa shape index (κ2) is 6.29. The van der Waals surface area contributed by atoms with Gasteiger partial charge in [0, 0.05) is 6.20 Å². The molecule has 1 heterocycles. The third-order valence-corrected chi connectivity index (χ3v) is 3.07. The largest absolute Gasteiger partial charge is 0.455 e. The monoisotopic (exact) mass is 296 g/mol. The number of nitrogens with zero attached hydrogens (tertiary/aromatic N) is 1. The molecular formula is C17H13ClN2O. The zero-order valence-corrected chi connectivity index (χ0v) is 11.9. The summed E-state index contributed by atoms with van der Waals surface area (Å²) in [5.41, 5.74) is 0.844. The molecule has 3 aromatic rings. The smallest absolute Gasteiger partial charge is 0.150 e. The molecule has 0 unspecified atom stereocenters. The Morgan fingerprint density at radius 1 is 0.857 bits per heavy atom. The summed E-state index contributed by atoms with van der Waals surface area (Å²) >= 11 is 5.84. The summed E-state index contributed by atoms with van der Waals surface area (Å²) in [6, 6.07) is 21.0. The SMILES string of the molecule is Clc1ccc(Nc2ccccc2Oc2ccccc2)nc1. The summed E-state index contributed by atoms with van der Waals surface area (Å²) in [4.78, 5) is 4.22. The molecule has 0 aliphatic carbocycles. The number of benzene rings is 2. The highest BCUT2D eigenvalue weighted by Crippen LogP contribution is 2.31. The van der Waals surface area contributed by atoms with Crippen LogP contribution in [0.5, 0.6) is 11.5 Å². The van der Waals surface area contributed by atoms with E-state index in [4.69, 9.17) is 16.3 Å². The Hall–Kier alpha value is -2.52. The molecule has 21 heavy (non-hydrogen) atoms. The molecule has 1 N–H and O–H groups in total. The van der Waals surface area contributed by atoms with Crippen LogP contribution in [0.4, 0.5) is 11.5 Å². The Labute approximate surface area is 128 Å². The molecule has 3 nitrogen and oxygen atoms in total. The lowest BCUT2D eigenvalue weighted by Crippen LogP contribution is -1.95. The fraction of sp³-hybridized carbons (Fsp3) is 0. The maximum absolute atomic E-state index is 5.89. The highest BCUT2D eigenvalue weighted by atomic mass is 35.5. The molecule has 0 radical (unpaired) electrons. The molecule has 0 aliphatic rings. The van der Waals surface area contributed by atoms with Crippen molar-refractivity contribution in [1.82, 2.24) is 4.98 Å². The zero-order valence-electron chi connectivity index (χ0n) is 11.2. The first-order valence-electron chi connectivity index (χ1n) is 6.52. The minimum atomic E-state index is 0.606. The van der Waals surface area contributed by atoms with Crippen molar-refractivity contribution in [2.75, 3.05) is 5.32 Å². The molecule has 0 atom stereocenters. The first-order valence-corrected chi connectivity index (χ1v) is 6.89. The minimum absolute atomic E-state index is 0.606. The molecule has 0 aliphatic heterocycles. The van der Waals surface area contributed by atoms with Crippen LogP contribution in [-0.2, 0) is 0 Å². The van der Waals surface area contributed by atoms with Crippen molar-refractivity contribution in [2.45, 2.75) is 0 Å². The van der Waals surface area contributed by atoms with Crippen LogP contribution in [-0.4, -0.2) is 4.98 Å². The molecule has 0 fully saturated rings. The predicted octanol–water partition coefficient (Wildman–Crippen LogP) is 5.27. The number of pyridine rings is 1. The van der Waals surface area contributed by atoms with Gasteiger partial charge in [-0.15, -0.1) is 0 Å². The van der Waals surface area contributed by atoms with E-state index in [1.54, 1.807) is 12.3 Å². The van der Waals surface area contributed by atoms with Crippen LogP contribution >= 0.6 is 11.6 Å². The summed E-state index contributed by atoms with van der Waals surface area (Å²) < 4.78 is 5.89. The van der Waals surface area contributed by atoms with Gasteiger partial charge in [0.15, 0.2) is 5.75 Å². The summed E-state index contributed by atoms with van der Waals surface area (Å²) in [5.74, 6) is 2.24. The van der Waals surface area contributed by atoms with Gasteiger partial charge in [-0.05, 0) is 36.4 Å². The van der Waals surface area contributed by atoms with Crippen LogP contribution in [0.2, 0.25) is 5.02 Å². The molecule has 0 bridgehead atoms. The second-order valence-corrected chi connectivity index (χ2v) is 4.83. The number of para-hydroxylation sites is 3. The van der Waals surface area contributed by atoms with Gasteiger partial charge >= 0.3 is 0 Å². The molecule has 1 aromatic heterocycles. The number of nitrogens with one attached hydrogen (secondary N) is 1. The van der Waals surface area contributed by atoms with Crippen molar-refractivity contribution in [3.05, 3.63) is 77.9 Å². The first-order chi connectivity index (χ1) is 10.3. The van der Waals surface area contributed by atoms with E-state index in [0.29, 0.717) is 10.8 Å². The fourth-order valence-electron chi connectivity index (χ4n) is 1.86. The van der Waals surface area contributed by atoms with Gasteiger partial charge in [-0.2, -0.15) is 0 Å². The Kier molecular flexibility index (Phi) is 4.03. The Balaban J connectivity index is 1.84. The normalized spacial score (nSPS) is 10.1. The number of hydrogen-bond donors (Lipinski definition) is 1. The number of anilines is 2. The third-order valence-electron chi connectivity index (χ3n) is 2.85. The zero-order chi connectivity index (χ0) is 14.5. The van der Waals surface area contributed by atoms with Crippen molar-refractivity contribution in [3.8, 4) is 11.5 Å². The van der Waals surface area contributed by atoms with E-state index in [9.17, 15) is 0 Å². The average molecular weight is 297 g/mol. The van der Waals surface area contributed by atoms with E-state index in [-0.39, 0.29) is 0 Å². The van der Waals surface area contributed by atoms with E-state index >= 15 is 0 Å². The standard InChI is InChI=1S/C17H13ClN2O/c18-13-10-11-17(19-12-13)20-15-8-4-5-9-16(15)21-14-6-2-1-3-7-14/h1-12H,(H,19,20). The van der Waals surface area contributed by atoms with Crippen molar-refractivity contribution in [2.24, 2.45) is 0 Å². The number of rotatable bonds is 4. The van der Waals surface area contributed by atoms with Gasteiger partial charge in [-0.1, -0.05) is 41.9 Å². The first kappa shape index (κ1) is 13.5. The quantitative estimate of drug-likeness (QED) is 0.712. The third kappa shape index (κ3) is 3.52. The molecule has 0 spiro atoms. The predicted molar refractivity (Wildman–Crippen MR) is 85.5 cm³/mol. The molecule has 4 heteroatoms. The number of aromatic nitrogens is 1. The lowest BCUT2D eigenvalue weighted by Gasteiger charge is -2.12. The number of ether oxygens (including phenoxy) is 1. The highest BCUT2D eigenvalue weighted by Gasteiger charge is 2.05. The summed E-state index contributed by atoms with van der Waals surface area (Å²) in [5, 5.41) is 3.83. The maximum atomic E-state index is 5.89. The number of hydrogen-bond acceptors (Lipinski definition) is 3. The molecule has 3 rings (SSSR count). The van der Waals surface area contributed by atoms with Gasteiger partial charge in [0.05, 0.1) is 10.7 Å². The van der Waals surface area contributed by atoms with Crippen LogP contribution in [0.15, 0.2) is 72.9 Å². The maximum Gasteiger partial charge on any atom is 0.150 e. The van der Waals surface area contributed by atoms with Crippen LogP contribution in [0, 0.1) is 0 Å². The molecule has 0 amide bonds. The van der Waals surface area contributed by atoms with Crippen LogP contribution in [0.25, 0.3) is 0 Å². The molecule has 2 aromatic carbocycles. The minimum Gasteiger partial charge on any atom is -0.455 e. The topological polar surface area (TPSA) is 34.1 Å². The summed E-state index contributed by atoms with van der Waals surface area (Å²) in [7, 11) is 0. The summed E-state index contributed by atoms with van der Waals surface area (Å²) in [6.07, 6.45) is 1.60. The number of halogens is 1.